The van der Waals surface area contributed by atoms with Crippen LogP contribution in [-0.4, -0.2) is 38.1 Å². The summed E-state index contributed by atoms with van der Waals surface area (Å²) in [6, 6.07) is 10.6. The number of carbonyl (C=O) groups is 1. The highest BCUT2D eigenvalue weighted by Gasteiger charge is 2.26. The van der Waals surface area contributed by atoms with Gasteiger partial charge in [-0.2, -0.15) is 0 Å². The van der Waals surface area contributed by atoms with Gasteiger partial charge in [0.1, 0.15) is 5.75 Å². The normalized spacial score (nSPS) is 14.2. The summed E-state index contributed by atoms with van der Waals surface area (Å²) in [4.78, 5) is 15.1. The Kier molecular flexibility index (Phi) is 5.63. The van der Waals surface area contributed by atoms with E-state index in [0.717, 1.165) is 22.7 Å². The lowest BCUT2D eigenvalue weighted by molar-refractivity contribution is 0.0728. The Balaban J connectivity index is 1.97. The van der Waals surface area contributed by atoms with Crippen LogP contribution in [0.1, 0.15) is 35.3 Å². The zero-order chi connectivity index (χ0) is 19.8. The van der Waals surface area contributed by atoms with Gasteiger partial charge in [0.2, 0.25) is 0 Å². The van der Waals surface area contributed by atoms with Gasteiger partial charge in [0.05, 0.1) is 16.6 Å². The first-order chi connectivity index (χ1) is 12.6. The average Bonchev–Trinajstić information content (AvgIpc) is 2.59. The zero-order valence-electron chi connectivity index (χ0n) is 15.5. The summed E-state index contributed by atoms with van der Waals surface area (Å²) in [6.07, 6.45) is 1.77. The van der Waals surface area contributed by atoms with E-state index in [1.54, 1.807) is 11.0 Å². The van der Waals surface area contributed by atoms with Crippen LogP contribution >= 0.6 is 15.9 Å². The molecule has 27 heavy (non-hydrogen) atoms. The van der Waals surface area contributed by atoms with Crippen molar-refractivity contribution in [2.45, 2.75) is 37.8 Å². The number of rotatable bonds is 4. The molecule has 1 aliphatic heterocycles. The molecule has 7 heteroatoms. The second-order valence-electron chi connectivity index (χ2n) is 6.99. The van der Waals surface area contributed by atoms with Gasteiger partial charge in [-0.3, -0.25) is 4.79 Å². The maximum Gasteiger partial charge on any atom is 0.257 e. The van der Waals surface area contributed by atoms with Crippen molar-refractivity contribution >= 4 is 31.7 Å². The number of amides is 1. The molecule has 0 aliphatic carbocycles. The van der Waals surface area contributed by atoms with Crippen LogP contribution in [0, 0.1) is 0 Å². The van der Waals surface area contributed by atoms with Crippen molar-refractivity contribution in [3.05, 3.63) is 57.6 Å². The van der Waals surface area contributed by atoms with Gasteiger partial charge in [-0.1, -0.05) is 22.0 Å². The minimum absolute atomic E-state index is 0.113. The van der Waals surface area contributed by atoms with Crippen LogP contribution in [0.3, 0.4) is 0 Å². The van der Waals surface area contributed by atoms with E-state index in [0.29, 0.717) is 18.8 Å². The van der Waals surface area contributed by atoms with Crippen molar-refractivity contribution in [2.24, 2.45) is 0 Å². The Morgan fingerprint density at radius 1 is 1.15 bits per heavy atom. The molecule has 0 radical (unpaired) electrons. The lowest BCUT2D eigenvalue weighted by atomic mass is 9.99. The number of nitrogens with zero attached hydrogens (tertiary/aromatic N) is 1. The van der Waals surface area contributed by atoms with Crippen molar-refractivity contribution < 1.29 is 17.9 Å². The van der Waals surface area contributed by atoms with Crippen LogP contribution in [0.5, 0.6) is 5.75 Å². The van der Waals surface area contributed by atoms with Crippen molar-refractivity contribution in [2.75, 3.05) is 12.8 Å². The number of sulfone groups is 1. The Bertz CT molecular complexity index is 985. The molecular weight excluding hydrogens is 430 g/mol. The van der Waals surface area contributed by atoms with E-state index < -0.39 is 9.84 Å². The number of halogens is 1. The van der Waals surface area contributed by atoms with Gasteiger partial charge in [0.25, 0.3) is 5.91 Å². The number of carbonyl (C=O) groups excluding carboxylic acids is 1. The second-order valence-corrected chi connectivity index (χ2v) is 9.92. The number of fused-ring (bicyclic) bond motifs is 1. The molecule has 0 bridgehead atoms. The third kappa shape index (κ3) is 4.52. The molecule has 1 aliphatic rings. The van der Waals surface area contributed by atoms with Crippen LogP contribution in [0.25, 0.3) is 0 Å². The fraction of sp³-hybridized carbons (Fsp3) is 0.350. The molecule has 2 aromatic carbocycles. The predicted octanol–water partition coefficient (Wildman–Crippen LogP) is 3.84. The van der Waals surface area contributed by atoms with Gasteiger partial charge >= 0.3 is 0 Å². The second kappa shape index (κ2) is 7.64. The molecular formula is C20H22BrNO4S. The number of ether oxygens (including phenoxy) is 1. The molecule has 1 amide bonds. The van der Waals surface area contributed by atoms with Crippen molar-refractivity contribution in [1.82, 2.24) is 4.90 Å². The standard InChI is InChI=1S/C20H22BrNO4S/c1-13(2)26-19-7-6-17(27(3,24)25)11-18(19)20(23)22-9-8-14-4-5-16(21)10-15(14)12-22/h4-7,10-11,13H,8-9,12H2,1-3H3. The molecule has 0 saturated carbocycles. The Labute approximate surface area is 168 Å². The van der Waals surface area contributed by atoms with E-state index in [9.17, 15) is 13.2 Å². The maximum atomic E-state index is 13.2. The smallest absolute Gasteiger partial charge is 0.257 e. The minimum Gasteiger partial charge on any atom is -0.490 e. The highest BCUT2D eigenvalue weighted by molar-refractivity contribution is 9.10. The lowest BCUT2D eigenvalue weighted by Gasteiger charge is -2.30. The molecule has 0 saturated heterocycles. The van der Waals surface area contributed by atoms with Gasteiger partial charge in [-0.25, -0.2) is 8.42 Å². The Morgan fingerprint density at radius 3 is 2.56 bits per heavy atom. The first-order valence-corrected chi connectivity index (χ1v) is 11.4. The quantitative estimate of drug-likeness (QED) is 0.708. The highest BCUT2D eigenvalue weighted by atomic mass is 79.9. The number of hydrogen-bond acceptors (Lipinski definition) is 4. The van der Waals surface area contributed by atoms with E-state index in [2.05, 4.69) is 22.0 Å². The molecule has 0 atom stereocenters. The molecule has 0 N–H and O–H groups in total. The fourth-order valence-corrected chi connectivity index (χ4v) is 4.19. The van der Waals surface area contributed by atoms with Gasteiger partial charge in [-0.15, -0.1) is 0 Å². The summed E-state index contributed by atoms with van der Waals surface area (Å²) >= 11 is 3.47. The van der Waals surface area contributed by atoms with Crippen molar-refractivity contribution in [1.29, 1.82) is 0 Å². The third-order valence-corrected chi connectivity index (χ3v) is 6.04. The highest BCUT2D eigenvalue weighted by Crippen LogP contribution is 2.28. The molecule has 144 valence electrons. The lowest BCUT2D eigenvalue weighted by Crippen LogP contribution is -2.36. The molecule has 0 aromatic heterocycles. The van der Waals surface area contributed by atoms with Crippen molar-refractivity contribution in [3.8, 4) is 5.75 Å². The topological polar surface area (TPSA) is 63.7 Å². The predicted molar refractivity (Wildman–Crippen MR) is 108 cm³/mol. The van der Waals surface area contributed by atoms with E-state index in [1.165, 1.54) is 17.7 Å². The van der Waals surface area contributed by atoms with Gasteiger partial charge in [0, 0.05) is 23.8 Å². The van der Waals surface area contributed by atoms with Crippen LogP contribution in [0.2, 0.25) is 0 Å². The Hall–Kier alpha value is -1.86. The molecule has 1 heterocycles. The van der Waals surface area contributed by atoms with Gasteiger partial charge < -0.3 is 9.64 Å². The summed E-state index contributed by atoms with van der Waals surface area (Å²) in [6.45, 7) is 4.80. The minimum atomic E-state index is -3.42. The first-order valence-electron chi connectivity index (χ1n) is 8.72. The zero-order valence-corrected chi connectivity index (χ0v) is 17.9. The summed E-state index contributed by atoms with van der Waals surface area (Å²) < 4.78 is 30.6. The van der Waals surface area contributed by atoms with Gasteiger partial charge in [0.15, 0.2) is 9.84 Å². The SMILES string of the molecule is CC(C)Oc1ccc(S(C)(=O)=O)cc1C(=O)N1CCc2ccc(Br)cc2C1. The van der Waals surface area contributed by atoms with Gasteiger partial charge in [-0.05, 0) is 61.7 Å². The van der Waals surface area contributed by atoms with E-state index >= 15 is 0 Å². The summed E-state index contributed by atoms with van der Waals surface area (Å²) in [7, 11) is -3.42. The maximum absolute atomic E-state index is 13.2. The van der Waals surface area contributed by atoms with Crippen LogP contribution < -0.4 is 4.74 Å². The molecule has 0 fully saturated rings. The molecule has 0 spiro atoms. The summed E-state index contributed by atoms with van der Waals surface area (Å²) in [5.74, 6) is 0.184. The molecule has 0 unspecified atom stereocenters. The van der Waals surface area contributed by atoms with Crippen molar-refractivity contribution in [3.63, 3.8) is 0 Å². The molecule has 5 nitrogen and oxygen atoms in total. The van der Waals surface area contributed by atoms with Crippen LogP contribution in [0.15, 0.2) is 45.8 Å². The Morgan fingerprint density at radius 2 is 1.89 bits per heavy atom. The van der Waals surface area contributed by atoms with E-state index in [-0.39, 0.29) is 22.5 Å². The number of benzene rings is 2. The molecule has 3 rings (SSSR count). The monoisotopic (exact) mass is 451 g/mol. The third-order valence-electron chi connectivity index (χ3n) is 4.44. The van der Waals surface area contributed by atoms with Crippen LogP contribution in [0.4, 0.5) is 0 Å². The molecule has 2 aromatic rings. The first kappa shape index (κ1) is 19.9. The average molecular weight is 452 g/mol. The summed E-state index contributed by atoms with van der Waals surface area (Å²) in [5, 5.41) is 0. The van der Waals surface area contributed by atoms with Crippen LogP contribution in [-0.2, 0) is 22.8 Å². The fourth-order valence-electron chi connectivity index (χ4n) is 3.13. The largest absolute Gasteiger partial charge is 0.490 e. The summed E-state index contributed by atoms with van der Waals surface area (Å²) in [5.41, 5.74) is 2.60. The number of hydrogen-bond donors (Lipinski definition) is 0. The van der Waals surface area contributed by atoms with E-state index in [1.807, 2.05) is 26.0 Å². The van der Waals surface area contributed by atoms with E-state index in [4.69, 9.17) is 4.74 Å².